The van der Waals surface area contributed by atoms with Gasteiger partial charge in [-0.15, -0.1) is 0 Å². The number of aryl methyl sites for hydroxylation is 2. The van der Waals surface area contributed by atoms with E-state index in [4.69, 9.17) is 5.41 Å². The SMILES string of the molecule is CC.CCCc1ccc(C)c(C=N)c1. The summed E-state index contributed by atoms with van der Waals surface area (Å²) in [5.74, 6) is 0. The van der Waals surface area contributed by atoms with E-state index in [1.54, 1.807) is 0 Å². The van der Waals surface area contributed by atoms with Crippen molar-refractivity contribution in [1.82, 2.24) is 0 Å². The van der Waals surface area contributed by atoms with Gasteiger partial charge < -0.3 is 5.41 Å². The molecule has 0 saturated heterocycles. The van der Waals surface area contributed by atoms with Crippen LogP contribution in [0.25, 0.3) is 0 Å². The average Bonchev–Trinajstić information content (AvgIpc) is 2.24. The Morgan fingerprint density at radius 3 is 2.43 bits per heavy atom. The fourth-order valence-corrected chi connectivity index (χ4v) is 1.29. The molecule has 0 bridgehead atoms. The van der Waals surface area contributed by atoms with Crippen molar-refractivity contribution >= 4 is 6.21 Å². The molecular formula is C13H21N. The summed E-state index contributed by atoms with van der Waals surface area (Å²) in [7, 11) is 0. The lowest BCUT2D eigenvalue weighted by Gasteiger charge is -2.02. The number of hydrogen-bond donors (Lipinski definition) is 1. The molecule has 0 heterocycles. The quantitative estimate of drug-likeness (QED) is 0.699. The molecule has 1 heteroatoms. The molecule has 0 spiro atoms. The van der Waals surface area contributed by atoms with Crippen LogP contribution in [-0.4, -0.2) is 6.21 Å². The molecule has 1 nitrogen and oxygen atoms in total. The third-order valence-corrected chi connectivity index (χ3v) is 2.04. The third-order valence-electron chi connectivity index (χ3n) is 2.04. The zero-order valence-corrected chi connectivity index (χ0v) is 9.72. The van der Waals surface area contributed by atoms with Crippen LogP contribution < -0.4 is 0 Å². The normalized spacial score (nSPS) is 8.86. The van der Waals surface area contributed by atoms with E-state index in [9.17, 15) is 0 Å². The summed E-state index contributed by atoms with van der Waals surface area (Å²) in [4.78, 5) is 0. The highest BCUT2D eigenvalue weighted by Gasteiger charge is 1.96. The summed E-state index contributed by atoms with van der Waals surface area (Å²) < 4.78 is 0. The van der Waals surface area contributed by atoms with Crippen LogP contribution in [0.3, 0.4) is 0 Å². The van der Waals surface area contributed by atoms with E-state index in [2.05, 4.69) is 25.1 Å². The second-order valence-corrected chi connectivity index (χ2v) is 3.09. The second-order valence-electron chi connectivity index (χ2n) is 3.09. The Labute approximate surface area is 87.7 Å². The summed E-state index contributed by atoms with van der Waals surface area (Å²) in [6.07, 6.45) is 3.70. The van der Waals surface area contributed by atoms with Gasteiger partial charge >= 0.3 is 0 Å². The molecule has 78 valence electrons. The standard InChI is InChI=1S/C11H15N.C2H6/c1-3-4-10-6-5-9(2)11(7-10)8-12;1-2/h5-8,12H,3-4H2,1-2H3;1-2H3. The molecule has 0 fully saturated rings. The van der Waals surface area contributed by atoms with Gasteiger partial charge in [-0.1, -0.05) is 39.3 Å². The van der Waals surface area contributed by atoms with Crippen molar-refractivity contribution in [3.63, 3.8) is 0 Å². The van der Waals surface area contributed by atoms with Crippen molar-refractivity contribution in [2.45, 2.75) is 40.5 Å². The van der Waals surface area contributed by atoms with Crippen LogP contribution in [0.1, 0.15) is 43.9 Å². The minimum atomic E-state index is 1.04. The summed E-state index contributed by atoms with van der Waals surface area (Å²) in [5, 5.41) is 7.19. The maximum atomic E-state index is 7.19. The van der Waals surface area contributed by atoms with Gasteiger partial charge in [0.25, 0.3) is 0 Å². The first-order valence-electron chi connectivity index (χ1n) is 5.38. The van der Waals surface area contributed by atoms with Gasteiger partial charge in [0.1, 0.15) is 0 Å². The Hall–Kier alpha value is -1.11. The highest BCUT2D eigenvalue weighted by atomic mass is 14.3. The molecule has 0 unspecified atom stereocenters. The smallest absolute Gasteiger partial charge is 0.0253 e. The van der Waals surface area contributed by atoms with Gasteiger partial charge in [0.05, 0.1) is 0 Å². The monoisotopic (exact) mass is 191 g/mol. The van der Waals surface area contributed by atoms with Crippen LogP contribution in [0.5, 0.6) is 0 Å². The number of benzene rings is 1. The molecule has 1 rings (SSSR count). The van der Waals surface area contributed by atoms with E-state index in [0.29, 0.717) is 0 Å². The minimum absolute atomic E-state index is 1.04. The number of rotatable bonds is 3. The van der Waals surface area contributed by atoms with Crippen LogP contribution in [-0.2, 0) is 6.42 Å². The molecule has 0 aromatic heterocycles. The Bertz CT molecular complexity index is 277. The van der Waals surface area contributed by atoms with Crippen molar-refractivity contribution in [2.75, 3.05) is 0 Å². The Balaban J connectivity index is 0.000000791. The lowest BCUT2D eigenvalue weighted by molar-refractivity contribution is 0.921. The summed E-state index contributed by atoms with van der Waals surface area (Å²) in [5.41, 5.74) is 3.56. The van der Waals surface area contributed by atoms with Crippen LogP contribution in [0.15, 0.2) is 18.2 Å². The average molecular weight is 191 g/mol. The van der Waals surface area contributed by atoms with Gasteiger partial charge in [-0.25, -0.2) is 0 Å². The van der Waals surface area contributed by atoms with Crippen molar-refractivity contribution in [3.05, 3.63) is 34.9 Å². The first kappa shape index (κ1) is 12.9. The van der Waals surface area contributed by atoms with Crippen LogP contribution in [0, 0.1) is 12.3 Å². The fourth-order valence-electron chi connectivity index (χ4n) is 1.29. The van der Waals surface area contributed by atoms with Gasteiger partial charge in [0.15, 0.2) is 0 Å². The fraction of sp³-hybridized carbons (Fsp3) is 0.462. The van der Waals surface area contributed by atoms with Gasteiger partial charge in [-0.3, -0.25) is 0 Å². The maximum Gasteiger partial charge on any atom is 0.0253 e. The van der Waals surface area contributed by atoms with Crippen molar-refractivity contribution < 1.29 is 0 Å². The molecule has 1 N–H and O–H groups in total. The zero-order chi connectivity index (χ0) is 11.0. The summed E-state index contributed by atoms with van der Waals surface area (Å²) in [6, 6.07) is 6.34. The van der Waals surface area contributed by atoms with Gasteiger partial charge in [0.2, 0.25) is 0 Å². The Kier molecular flexibility index (Phi) is 6.73. The molecule has 0 atom stereocenters. The first-order chi connectivity index (χ1) is 6.77. The highest BCUT2D eigenvalue weighted by molar-refractivity contribution is 5.79. The molecule has 0 amide bonds. The Morgan fingerprint density at radius 2 is 1.93 bits per heavy atom. The second kappa shape index (κ2) is 7.31. The summed E-state index contributed by atoms with van der Waals surface area (Å²) >= 11 is 0. The minimum Gasteiger partial charge on any atom is -0.308 e. The lowest BCUT2D eigenvalue weighted by atomic mass is 10.0. The van der Waals surface area contributed by atoms with E-state index >= 15 is 0 Å². The molecular weight excluding hydrogens is 170 g/mol. The van der Waals surface area contributed by atoms with E-state index in [1.165, 1.54) is 23.8 Å². The number of hydrogen-bond acceptors (Lipinski definition) is 1. The topological polar surface area (TPSA) is 23.9 Å². The molecule has 0 radical (unpaired) electrons. The molecule has 0 saturated carbocycles. The molecule has 0 aliphatic rings. The first-order valence-corrected chi connectivity index (χ1v) is 5.38. The van der Waals surface area contributed by atoms with E-state index in [1.807, 2.05) is 20.8 Å². The predicted octanol–water partition coefficient (Wildman–Crippen LogP) is 3.97. The van der Waals surface area contributed by atoms with Crippen molar-refractivity contribution in [3.8, 4) is 0 Å². The van der Waals surface area contributed by atoms with Crippen molar-refractivity contribution in [1.29, 1.82) is 5.41 Å². The predicted molar refractivity (Wildman–Crippen MR) is 64.4 cm³/mol. The van der Waals surface area contributed by atoms with Gasteiger partial charge in [0, 0.05) is 6.21 Å². The molecule has 0 aliphatic heterocycles. The van der Waals surface area contributed by atoms with E-state index in [0.717, 1.165) is 12.0 Å². The van der Waals surface area contributed by atoms with Crippen LogP contribution >= 0.6 is 0 Å². The summed E-state index contributed by atoms with van der Waals surface area (Å²) in [6.45, 7) is 8.21. The molecule has 0 aliphatic carbocycles. The van der Waals surface area contributed by atoms with Crippen LogP contribution in [0.2, 0.25) is 0 Å². The van der Waals surface area contributed by atoms with E-state index in [-0.39, 0.29) is 0 Å². The maximum absolute atomic E-state index is 7.19. The van der Waals surface area contributed by atoms with Gasteiger partial charge in [-0.2, -0.15) is 0 Å². The Morgan fingerprint density at radius 1 is 1.29 bits per heavy atom. The highest BCUT2D eigenvalue weighted by Crippen LogP contribution is 2.10. The lowest BCUT2D eigenvalue weighted by Crippen LogP contribution is -1.90. The zero-order valence-electron chi connectivity index (χ0n) is 9.72. The third kappa shape index (κ3) is 3.73. The molecule has 1 aromatic carbocycles. The van der Waals surface area contributed by atoms with Gasteiger partial charge in [-0.05, 0) is 36.1 Å². The van der Waals surface area contributed by atoms with Crippen LogP contribution in [0.4, 0.5) is 0 Å². The number of nitrogens with one attached hydrogen (secondary N) is 1. The molecule has 14 heavy (non-hydrogen) atoms. The van der Waals surface area contributed by atoms with E-state index < -0.39 is 0 Å². The molecule has 1 aromatic rings. The van der Waals surface area contributed by atoms with Crippen molar-refractivity contribution in [2.24, 2.45) is 0 Å². The largest absolute Gasteiger partial charge is 0.308 e.